The normalized spacial score (nSPS) is 15.6. The van der Waals surface area contributed by atoms with E-state index < -0.39 is 11.0 Å². The fourth-order valence-electron chi connectivity index (χ4n) is 3.35. The molecule has 0 radical (unpaired) electrons. The molecule has 1 saturated heterocycles. The molecule has 158 valence electrons. The monoisotopic (exact) mass is 501 g/mol. The van der Waals surface area contributed by atoms with Gasteiger partial charge >= 0.3 is 0 Å². The van der Waals surface area contributed by atoms with Gasteiger partial charge in [-0.2, -0.15) is 0 Å². The second kappa shape index (κ2) is 8.90. The van der Waals surface area contributed by atoms with Crippen LogP contribution >= 0.6 is 27.3 Å². The molecule has 1 aliphatic rings. The third-order valence-electron chi connectivity index (χ3n) is 4.89. The second-order valence-corrected chi connectivity index (χ2v) is 8.76. The Morgan fingerprint density at radius 3 is 2.52 bits per heavy atom. The third kappa shape index (κ3) is 4.62. The van der Waals surface area contributed by atoms with E-state index in [9.17, 15) is 19.7 Å². The number of anilines is 1. The van der Waals surface area contributed by atoms with Crippen LogP contribution in [0.15, 0.2) is 53.0 Å². The van der Waals surface area contributed by atoms with E-state index in [4.69, 9.17) is 0 Å². The summed E-state index contributed by atoms with van der Waals surface area (Å²) in [5.74, 6) is -0.661. The van der Waals surface area contributed by atoms with Crippen LogP contribution in [0.2, 0.25) is 0 Å². The maximum absolute atomic E-state index is 12.9. The Morgan fingerprint density at radius 1 is 1.13 bits per heavy atom. The number of non-ortho nitro benzene ring substituents is 1. The van der Waals surface area contributed by atoms with Gasteiger partial charge in [0.25, 0.3) is 11.6 Å². The van der Waals surface area contributed by atoms with Gasteiger partial charge < -0.3 is 4.90 Å². The first-order chi connectivity index (χ1) is 14.9. The molecule has 0 saturated carbocycles. The predicted molar refractivity (Wildman–Crippen MR) is 119 cm³/mol. The zero-order valence-corrected chi connectivity index (χ0v) is 18.4. The number of carbonyl (C=O) groups excluding carboxylic acids is 2. The van der Waals surface area contributed by atoms with Gasteiger partial charge in [0.1, 0.15) is 11.0 Å². The molecule has 2 amide bonds. The van der Waals surface area contributed by atoms with Crippen molar-refractivity contribution in [2.45, 2.75) is 18.9 Å². The summed E-state index contributed by atoms with van der Waals surface area (Å²) in [6.07, 6.45) is 1.22. The van der Waals surface area contributed by atoms with E-state index in [0.717, 1.165) is 10.0 Å². The van der Waals surface area contributed by atoms with Gasteiger partial charge in [-0.1, -0.05) is 39.4 Å². The lowest BCUT2D eigenvalue weighted by Gasteiger charge is -2.23. The van der Waals surface area contributed by atoms with Crippen molar-refractivity contribution >= 4 is 49.9 Å². The highest BCUT2D eigenvalue weighted by molar-refractivity contribution is 9.10. The topological polar surface area (TPSA) is 118 Å². The molecular formula is C20H16BrN5O4S. The summed E-state index contributed by atoms with van der Waals surface area (Å²) in [5, 5.41) is 22.8. The first kappa shape index (κ1) is 21.1. The van der Waals surface area contributed by atoms with Gasteiger partial charge in [0.05, 0.1) is 4.92 Å². The van der Waals surface area contributed by atoms with Gasteiger partial charge in [-0.15, -0.1) is 10.2 Å². The first-order valence-corrected chi connectivity index (χ1v) is 11.0. The average Bonchev–Trinajstić information content (AvgIpc) is 3.44. The molecule has 1 N–H and O–H groups in total. The Labute approximate surface area is 189 Å². The number of nitrogens with one attached hydrogen (secondary N) is 1. The van der Waals surface area contributed by atoms with Crippen molar-refractivity contribution in [1.29, 1.82) is 0 Å². The third-order valence-corrected chi connectivity index (χ3v) is 6.30. The number of nitro groups is 1. The Bertz CT molecular complexity index is 1130. The highest BCUT2D eigenvalue weighted by atomic mass is 79.9. The summed E-state index contributed by atoms with van der Waals surface area (Å²) in [5.41, 5.74) is 1.10. The lowest BCUT2D eigenvalue weighted by atomic mass is 10.1. The predicted octanol–water partition coefficient (Wildman–Crippen LogP) is 4.12. The molecule has 1 aliphatic heterocycles. The summed E-state index contributed by atoms with van der Waals surface area (Å²) in [7, 11) is 0. The zero-order valence-electron chi connectivity index (χ0n) is 16.0. The van der Waals surface area contributed by atoms with E-state index in [0.29, 0.717) is 35.1 Å². The largest absolute Gasteiger partial charge is 0.327 e. The maximum atomic E-state index is 12.9. The van der Waals surface area contributed by atoms with Gasteiger partial charge in [0.2, 0.25) is 11.0 Å². The van der Waals surface area contributed by atoms with Crippen molar-refractivity contribution < 1.29 is 14.5 Å². The number of aromatic nitrogens is 2. The van der Waals surface area contributed by atoms with E-state index in [2.05, 4.69) is 31.4 Å². The van der Waals surface area contributed by atoms with Crippen LogP contribution in [0.1, 0.15) is 23.2 Å². The first-order valence-electron chi connectivity index (χ1n) is 9.38. The van der Waals surface area contributed by atoms with Gasteiger partial charge in [-0.3, -0.25) is 25.0 Å². The molecule has 3 aromatic rings. The summed E-state index contributed by atoms with van der Waals surface area (Å²) in [6.45, 7) is 0.439. The van der Waals surface area contributed by atoms with Crippen LogP contribution in [-0.2, 0) is 4.79 Å². The van der Waals surface area contributed by atoms with Gasteiger partial charge in [0.15, 0.2) is 0 Å². The summed E-state index contributed by atoms with van der Waals surface area (Å²) >= 11 is 4.64. The van der Waals surface area contributed by atoms with Crippen LogP contribution < -0.4 is 5.32 Å². The summed E-state index contributed by atoms with van der Waals surface area (Å²) < 4.78 is 0.952. The summed E-state index contributed by atoms with van der Waals surface area (Å²) in [6, 6.07) is 12.3. The zero-order chi connectivity index (χ0) is 22.0. The minimum Gasteiger partial charge on any atom is -0.327 e. The van der Waals surface area contributed by atoms with Gasteiger partial charge in [0, 0.05) is 34.3 Å². The fourth-order valence-corrected chi connectivity index (χ4v) is 4.36. The van der Waals surface area contributed by atoms with E-state index >= 15 is 0 Å². The highest BCUT2D eigenvalue weighted by Crippen LogP contribution is 2.28. The molecule has 0 aliphatic carbocycles. The molecule has 0 spiro atoms. The number of carbonyl (C=O) groups is 2. The smallest absolute Gasteiger partial charge is 0.269 e. The van der Waals surface area contributed by atoms with Gasteiger partial charge in [-0.05, 0) is 37.1 Å². The van der Waals surface area contributed by atoms with Crippen LogP contribution in [-0.4, -0.2) is 44.4 Å². The van der Waals surface area contributed by atoms with Crippen molar-refractivity contribution in [3.63, 3.8) is 0 Å². The minimum atomic E-state index is -0.636. The average molecular weight is 502 g/mol. The van der Waals surface area contributed by atoms with E-state index in [-0.39, 0.29) is 17.5 Å². The standard InChI is InChI=1S/C20H16BrN5O4S/c21-14-7-3-12(4-8-14)18-23-24-20(31-18)22-17(27)16-2-1-11-25(16)19(28)13-5-9-15(10-6-13)26(29)30/h3-10,16H,1-2,11H2,(H,22,24,27). The molecule has 0 bridgehead atoms. The lowest BCUT2D eigenvalue weighted by Crippen LogP contribution is -2.43. The maximum Gasteiger partial charge on any atom is 0.269 e. The van der Waals surface area contributed by atoms with E-state index in [1.807, 2.05) is 24.3 Å². The van der Waals surface area contributed by atoms with Crippen LogP contribution in [0.25, 0.3) is 10.6 Å². The fraction of sp³-hybridized carbons (Fsp3) is 0.200. The molecule has 11 heteroatoms. The molecule has 1 unspecified atom stereocenters. The van der Waals surface area contributed by atoms with E-state index in [1.54, 1.807) is 0 Å². The number of nitro benzene ring substituents is 1. The van der Waals surface area contributed by atoms with Gasteiger partial charge in [-0.25, -0.2) is 0 Å². The Morgan fingerprint density at radius 2 is 1.84 bits per heavy atom. The van der Waals surface area contributed by atoms with Crippen LogP contribution in [0.3, 0.4) is 0 Å². The number of nitrogens with zero attached hydrogens (tertiary/aromatic N) is 4. The lowest BCUT2D eigenvalue weighted by molar-refractivity contribution is -0.384. The molecule has 1 aromatic heterocycles. The molecule has 2 aromatic carbocycles. The molecule has 9 nitrogen and oxygen atoms in total. The Kier molecular flexibility index (Phi) is 6.05. The molecule has 1 atom stereocenters. The number of rotatable bonds is 5. The molecule has 1 fully saturated rings. The summed E-state index contributed by atoms with van der Waals surface area (Å²) in [4.78, 5) is 37.5. The van der Waals surface area contributed by atoms with Crippen molar-refractivity contribution in [1.82, 2.24) is 15.1 Å². The number of amides is 2. The Hall–Kier alpha value is -3.18. The number of benzene rings is 2. The van der Waals surface area contributed by atoms with Crippen LogP contribution in [0, 0.1) is 10.1 Å². The SMILES string of the molecule is O=C(Nc1nnc(-c2ccc(Br)cc2)s1)C1CCCN1C(=O)c1ccc([N+](=O)[O-])cc1. The van der Waals surface area contributed by atoms with Crippen molar-refractivity contribution in [2.75, 3.05) is 11.9 Å². The number of hydrogen-bond donors (Lipinski definition) is 1. The number of halogens is 1. The van der Waals surface area contributed by atoms with E-state index in [1.165, 1.54) is 40.5 Å². The molecule has 31 heavy (non-hydrogen) atoms. The van der Waals surface area contributed by atoms with Crippen LogP contribution in [0.5, 0.6) is 0 Å². The quantitative estimate of drug-likeness (QED) is 0.414. The Balaban J connectivity index is 1.45. The minimum absolute atomic E-state index is 0.0925. The second-order valence-electron chi connectivity index (χ2n) is 6.87. The molecular weight excluding hydrogens is 486 g/mol. The number of likely N-dealkylation sites (tertiary alicyclic amines) is 1. The van der Waals surface area contributed by atoms with Crippen molar-refractivity contribution in [3.8, 4) is 10.6 Å². The molecule has 4 rings (SSSR count). The molecule has 2 heterocycles. The number of hydrogen-bond acceptors (Lipinski definition) is 7. The van der Waals surface area contributed by atoms with Crippen LogP contribution in [0.4, 0.5) is 10.8 Å². The van der Waals surface area contributed by atoms with Crippen molar-refractivity contribution in [3.05, 3.63) is 68.7 Å². The van der Waals surface area contributed by atoms with Crippen molar-refractivity contribution in [2.24, 2.45) is 0 Å². The highest BCUT2D eigenvalue weighted by Gasteiger charge is 2.35.